The third-order valence-corrected chi connectivity index (χ3v) is 5.39. The van der Waals surface area contributed by atoms with E-state index in [0.717, 1.165) is 5.56 Å². The van der Waals surface area contributed by atoms with E-state index in [1.54, 1.807) is 18.2 Å². The number of aryl methyl sites for hydroxylation is 1. The highest BCUT2D eigenvalue weighted by Crippen LogP contribution is 2.23. The Balaban J connectivity index is 1.96. The molecule has 2 aromatic carbocycles. The lowest BCUT2D eigenvalue weighted by molar-refractivity contribution is -0.123. The average molecular weight is 413 g/mol. The van der Waals surface area contributed by atoms with Crippen LogP contribution < -0.4 is 14.8 Å². The summed E-state index contributed by atoms with van der Waals surface area (Å²) in [7, 11) is -3.77. The van der Waals surface area contributed by atoms with E-state index in [1.807, 2.05) is 6.92 Å². The average Bonchev–Trinajstić information content (AvgIpc) is 2.63. The topological polar surface area (TPSA) is 105 Å². The molecule has 2 rings (SSSR count). The molecule has 7 nitrogen and oxygen atoms in total. The summed E-state index contributed by atoms with van der Waals surface area (Å²) in [4.78, 5) is 11.6. The summed E-state index contributed by atoms with van der Waals surface area (Å²) in [5.41, 5.74) is 1.21. The van der Waals surface area contributed by atoms with Gasteiger partial charge in [-0.05, 0) is 55.3 Å². The molecule has 2 aromatic rings. The molecule has 0 aliphatic heterocycles. The number of rotatable bonds is 9. The van der Waals surface area contributed by atoms with E-state index in [0.29, 0.717) is 29.4 Å². The number of hydrogen-bond donors (Lipinski definition) is 3. The summed E-state index contributed by atoms with van der Waals surface area (Å²) in [6.45, 7) is 1.99. The minimum absolute atomic E-state index is 0.0000969. The van der Waals surface area contributed by atoms with E-state index in [1.165, 1.54) is 24.3 Å². The van der Waals surface area contributed by atoms with Crippen LogP contribution in [-0.4, -0.2) is 39.2 Å². The lowest BCUT2D eigenvalue weighted by atomic mass is 10.2. The van der Waals surface area contributed by atoms with Crippen LogP contribution >= 0.6 is 11.6 Å². The first kappa shape index (κ1) is 21.0. The number of aliphatic hydroxyl groups is 1. The molecule has 0 atom stereocenters. The second-order valence-corrected chi connectivity index (χ2v) is 7.85. The molecule has 146 valence electrons. The van der Waals surface area contributed by atoms with E-state index in [-0.39, 0.29) is 24.0 Å². The highest BCUT2D eigenvalue weighted by molar-refractivity contribution is 7.92. The van der Waals surface area contributed by atoms with E-state index in [2.05, 4.69) is 10.0 Å². The fourth-order valence-corrected chi connectivity index (χ4v) is 3.32. The van der Waals surface area contributed by atoms with Crippen LogP contribution in [0.15, 0.2) is 47.4 Å². The molecular formula is C18H21ClN2O5S. The van der Waals surface area contributed by atoms with Crippen LogP contribution in [0, 0.1) is 6.92 Å². The maximum atomic E-state index is 12.4. The number of anilines is 1. The van der Waals surface area contributed by atoms with E-state index < -0.39 is 10.0 Å². The molecule has 0 unspecified atom stereocenters. The van der Waals surface area contributed by atoms with Gasteiger partial charge in [0.05, 0.1) is 10.6 Å². The molecule has 0 saturated heterocycles. The zero-order chi connectivity index (χ0) is 19.9. The molecule has 0 radical (unpaired) electrons. The van der Waals surface area contributed by atoms with E-state index in [4.69, 9.17) is 21.4 Å². The minimum Gasteiger partial charge on any atom is -0.484 e. The number of nitrogens with one attached hydrogen (secondary N) is 2. The van der Waals surface area contributed by atoms with Gasteiger partial charge in [-0.2, -0.15) is 0 Å². The van der Waals surface area contributed by atoms with Gasteiger partial charge in [0.1, 0.15) is 5.75 Å². The number of sulfonamides is 1. The van der Waals surface area contributed by atoms with Gasteiger partial charge in [-0.3, -0.25) is 9.52 Å². The number of ether oxygens (including phenoxy) is 1. The third-order valence-electron chi connectivity index (χ3n) is 3.59. The Labute approximate surface area is 163 Å². The van der Waals surface area contributed by atoms with Crippen molar-refractivity contribution in [2.45, 2.75) is 18.2 Å². The molecule has 0 saturated carbocycles. The molecule has 0 heterocycles. The Morgan fingerprint density at radius 2 is 1.89 bits per heavy atom. The molecule has 3 N–H and O–H groups in total. The summed E-state index contributed by atoms with van der Waals surface area (Å²) in [5, 5.41) is 11.7. The molecule has 0 aliphatic rings. The Kier molecular flexibility index (Phi) is 7.46. The van der Waals surface area contributed by atoms with Gasteiger partial charge in [0.25, 0.3) is 15.9 Å². The van der Waals surface area contributed by atoms with Crippen molar-refractivity contribution >= 4 is 33.2 Å². The predicted octanol–water partition coefficient (Wildman–Crippen LogP) is 2.33. The SMILES string of the molecule is Cc1ccc(NS(=O)(=O)c2ccc(OCC(=O)NCCCO)cc2)cc1Cl. The number of carbonyl (C=O) groups excluding carboxylic acids is 1. The Bertz CT molecular complexity index is 885. The first-order chi connectivity index (χ1) is 12.8. The number of amides is 1. The van der Waals surface area contributed by atoms with Crippen LogP contribution in [0.2, 0.25) is 5.02 Å². The van der Waals surface area contributed by atoms with E-state index in [9.17, 15) is 13.2 Å². The third kappa shape index (κ3) is 6.42. The molecule has 0 fully saturated rings. The molecule has 9 heteroatoms. The molecule has 0 spiro atoms. The van der Waals surface area contributed by atoms with Crippen molar-refractivity contribution in [3.63, 3.8) is 0 Å². The largest absolute Gasteiger partial charge is 0.484 e. The summed E-state index contributed by atoms with van der Waals surface area (Å²) < 4.78 is 32.7. The molecular weight excluding hydrogens is 392 g/mol. The van der Waals surface area contributed by atoms with Gasteiger partial charge in [0, 0.05) is 18.2 Å². The summed E-state index contributed by atoms with van der Waals surface area (Å²) in [6.07, 6.45) is 0.470. The highest BCUT2D eigenvalue weighted by Gasteiger charge is 2.15. The van der Waals surface area contributed by atoms with Gasteiger partial charge in [0.2, 0.25) is 0 Å². The van der Waals surface area contributed by atoms with Crippen LogP contribution in [-0.2, 0) is 14.8 Å². The second kappa shape index (κ2) is 9.59. The standard InChI is InChI=1S/C18H21ClN2O5S/c1-13-3-4-14(11-17(13)19)21-27(24,25)16-7-5-15(6-8-16)26-12-18(23)20-9-2-10-22/h3-8,11,21-22H,2,9-10,12H2,1H3,(H,20,23). The van der Waals surface area contributed by atoms with Crippen molar-refractivity contribution < 1.29 is 23.1 Å². The number of benzene rings is 2. The van der Waals surface area contributed by atoms with Gasteiger partial charge in [-0.1, -0.05) is 17.7 Å². The normalized spacial score (nSPS) is 11.1. The van der Waals surface area contributed by atoms with Gasteiger partial charge in [0.15, 0.2) is 6.61 Å². The van der Waals surface area contributed by atoms with Crippen molar-refractivity contribution in [1.29, 1.82) is 0 Å². The number of carbonyl (C=O) groups is 1. The molecule has 0 bridgehead atoms. The van der Waals surface area contributed by atoms with E-state index >= 15 is 0 Å². The van der Waals surface area contributed by atoms with Crippen molar-refractivity contribution in [3.05, 3.63) is 53.1 Å². The Morgan fingerprint density at radius 3 is 2.52 bits per heavy atom. The first-order valence-corrected chi connectivity index (χ1v) is 10.1. The Hall–Kier alpha value is -2.29. The lowest BCUT2D eigenvalue weighted by Crippen LogP contribution is -2.30. The molecule has 0 aliphatic carbocycles. The maximum absolute atomic E-state index is 12.4. The molecule has 1 amide bonds. The Morgan fingerprint density at radius 1 is 1.19 bits per heavy atom. The van der Waals surface area contributed by atoms with Crippen molar-refractivity contribution in [3.8, 4) is 5.75 Å². The van der Waals surface area contributed by atoms with Crippen molar-refractivity contribution in [2.24, 2.45) is 0 Å². The van der Waals surface area contributed by atoms with Crippen LogP contribution in [0.3, 0.4) is 0 Å². The number of aliphatic hydroxyl groups excluding tert-OH is 1. The minimum atomic E-state index is -3.77. The van der Waals surface area contributed by atoms with Crippen LogP contribution in [0.1, 0.15) is 12.0 Å². The van der Waals surface area contributed by atoms with Crippen molar-refractivity contribution in [2.75, 3.05) is 24.5 Å². The fraction of sp³-hybridized carbons (Fsp3) is 0.278. The summed E-state index contributed by atoms with van der Waals surface area (Å²) in [5.74, 6) is 0.0442. The van der Waals surface area contributed by atoms with Gasteiger partial charge >= 0.3 is 0 Å². The van der Waals surface area contributed by atoms with Gasteiger partial charge in [-0.25, -0.2) is 8.42 Å². The quantitative estimate of drug-likeness (QED) is 0.548. The second-order valence-electron chi connectivity index (χ2n) is 5.76. The van der Waals surface area contributed by atoms with Crippen molar-refractivity contribution in [1.82, 2.24) is 5.32 Å². The monoisotopic (exact) mass is 412 g/mol. The van der Waals surface area contributed by atoms with Gasteiger partial charge in [-0.15, -0.1) is 0 Å². The zero-order valence-corrected chi connectivity index (χ0v) is 16.3. The van der Waals surface area contributed by atoms with Gasteiger partial charge < -0.3 is 15.2 Å². The number of halogens is 1. The summed E-state index contributed by atoms with van der Waals surface area (Å²) >= 11 is 6.01. The molecule has 27 heavy (non-hydrogen) atoms. The first-order valence-electron chi connectivity index (χ1n) is 8.21. The van der Waals surface area contributed by atoms with Crippen LogP contribution in [0.4, 0.5) is 5.69 Å². The number of hydrogen-bond acceptors (Lipinski definition) is 5. The highest BCUT2D eigenvalue weighted by atomic mass is 35.5. The summed E-state index contributed by atoms with van der Waals surface area (Å²) in [6, 6.07) is 10.6. The zero-order valence-electron chi connectivity index (χ0n) is 14.7. The smallest absolute Gasteiger partial charge is 0.261 e. The van der Waals surface area contributed by atoms with Crippen LogP contribution in [0.25, 0.3) is 0 Å². The maximum Gasteiger partial charge on any atom is 0.261 e. The predicted molar refractivity (Wildman–Crippen MR) is 104 cm³/mol. The molecule has 0 aromatic heterocycles. The van der Waals surface area contributed by atoms with Crippen LogP contribution in [0.5, 0.6) is 5.75 Å². The fourth-order valence-electron chi connectivity index (χ4n) is 2.09. The lowest BCUT2D eigenvalue weighted by Gasteiger charge is -2.10.